The Bertz CT molecular complexity index is 1920. The summed E-state index contributed by atoms with van der Waals surface area (Å²) in [6.45, 7) is 1.58. The summed E-state index contributed by atoms with van der Waals surface area (Å²) in [7, 11) is 0. The number of nitrogens with one attached hydrogen (secondary N) is 2. The molecule has 47 heavy (non-hydrogen) atoms. The predicted octanol–water partition coefficient (Wildman–Crippen LogP) is 5.45. The van der Waals surface area contributed by atoms with Crippen molar-refractivity contribution in [1.82, 2.24) is 4.98 Å². The highest BCUT2D eigenvalue weighted by Crippen LogP contribution is 2.54. The number of hydrogen-bond acceptors (Lipinski definition) is 9. The first kappa shape index (κ1) is 32.1. The minimum absolute atomic E-state index is 0.238. The van der Waals surface area contributed by atoms with Gasteiger partial charge < -0.3 is 19.8 Å². The molecule has 0 spiro atoms. The van der Waals surface area contributed by atoms with E-state index in [0.29, 0.717) is 37.4 Å². The highest BCUT2D eigenvalue weighted by atomic mass is 32.2. The lowest BCUT2D eigenvalue weighted by Gasteiger charge is -2.29. The molecule has 0 saturated carbocycles. The SMILES string of the molecule is CCOC(=O)c1ccc(NC(=O)COc2ccc([C@@H]3c4sc(=O)[nH]c4S[C@H]4C(=O)N(c5ccccc5C(F)(F)F)C(=O)[C@@H]34)cc2)cc1. The predicted molar refractivity (Wildman–Crippen MR) is 167 cm³/mol. The molecule has 0 radical (unpaired) electrons. The number of halogens is 3. The molecule has 1 fully saturated rings. The monoisotopic (exact) mass is 683 g/mol. The molecule has 0 unspecified atom stereocenters. The fourth-order valence-corrected chi connectivity index (χ4v) is 8.06. The number of H-pyrrole nitrogens is 1. The molecule has 4 aromatic rings. The van der Waals surface area contributed by atoms with Crippen molar-refractivity contribution in [1.29, 1.82) is 0 Å². The first-order valence-corrected chi connectivity index (χ1v) is 15.9. The summed E-state index contributed by atoms with van der Waals surface area (Å²) in [5.41, 5.74) is -0.342. The number of anilines is 2. The highest BCUT2D eigenvalue weighted by Gasteiger charge is 2.57. The van der Waals surface area contributed by atoms with Crippen molar-refractivity contribution in [3.63, 3.8) is 0 Å². The molecule has 0 bridgehead atoms. The van der Waals surface area contributed by atoms with Gasteiger partial charge in [0.1, 0.15) is 11.0 Å². The molecular weight excluding hydrogens is 659 g/mol. The molecule has 3 aromatic carbocycles. The van der Waals surface area contributed by atoms with Crippen LogP contribution in [0.15, 0.2) is 82.6 Å². The number of nitrogens with zero attached hydrogens (tertiary/aromatic N) is 1. The zero-order valence-corrected chi connectivity index (χ0v) is 26.0. The summed E-state index contributed by atoms with van der Waals surface area (Å²) in [4.78, 5) is 67.4. The number of ether oxygens (including phenoxy) is 2. The number of esters is 1. The molecule has 242 valence electrons. The Labute approximate surface area is 272 Å². The van der Waals surface area contributed by atoms with Crippen LogP contribution in [0.3, 0.4) is 0 Å². The molecular formula is C32H24F3N3O7S2. The van der Waals surface area contributed by atoms with Gasteiger partial charge >= 0.3 is 17.0 Å². The number of rotatable bonds is 8. The van der Waals surface area contributed by atoms with E-state index in [9.17, 15) is 37.1 Å². The number of hydrogen-bond donors (Lipinski definition) is 2. The number of thiazole rings is 1. The van der Waals surface area contributed by atoms with Crippen molar-refractivity contribution >= 4 is 58.2 Å². The fraction of sp³-hybridized carbons (Fsp3) is 0.219. The maximum atomic E-state index is 13.9. The lowest BCUT2D eigenvalue weighted by atomic mass is 9.83. The molecule has 1 aromatic heterocycles. The number of aromatic amines is 1. The molecule has 3 heterocycles. The Morgan fingerprint density at radius 1 is 0.957 bits per heavy atom. The van der Waals surface area contributed by atoms with E-state index in [4.69, 9.17) is 9.47 Å². The van der Waals surface area contributed by atoms with Crippen molar-refractivity contribution in [2.24, 2.45) is 5.92 Å². The number of alkyl halides is 3. The van der Waals surface area contributed by atoms with Crippen LogP contribution in [0.5, 0.6) is 5.75 Å². The minimum Gasteiger partial charge on any atom is -0.484 e. The molecule has 2 aliphatic rings. The molecule has 3 amide bonds. The van der Waals surface area contributed by atoms with Crippen LogP contribution >= 0.6 is 23.1 Å². The smallest absolute Gasteiger partial charge is 0.418 e. The van der Waals surface area contributed by atoms with Gasteiger partial charge in [0.15, 0.2) is 6.61 Å². The van der Waals surface area contributed by atoms with Crippen LogP contribution in [0.1, 0.15) is 39.2 Å². The summed E-state index contributed by atoms with van der Waals surface area (Å²) >= 11 is 1.83. The van der Waals surface area contributed by atoms with Gasteiger partial charge in [-0.1, -0.05) is 47.4 Å². The van der Waals surface area contributed by atoms with E-state index in [1.807, 2.05) is 0 Å². The largest absolute Gasteiger partial charge is 0.484 e. The Morgan fingerprint density at radius 2 is 1.66 bits per heavy atom. The number of carbonyl (C=O) groups is 4. The average Bonchev–Trinajstić information content (AvgIpc) is 3.54. The van der Waals surface area contributed by atoms with Gasteiger partial charge in [-0.3, -0.25) is 19.2 Å². The lowest BCUT2D eigenvalue weighted by molar-refractivity contribution is -0.137. The Balaban J connectivity index is 1.20. The van der Waals surface area contributed by atoms with E-state index in [2.05, 4.69) is 10.3 Å². The van der Waals surface area contributed by atoms with E-state index in [1.54, 1.807) is 43.3 Å². The molecule has 1 saturated heterocycles. The topological polar surface area (TPSA) is 135 Å². The van der Waals surface area contributed by atoms with Gasteiger partial charge in [0.05, 0.1) is 34.4 Å². The molecule has 0 aliphatic carbocycles. The number of fused-ring (bicyclic) bond motifs is 2. The van der Waals surface area contributed by atoms with Crippen molar-refractivity contribution in [3.8, 4) is 5.75 Å². The van der Waals surface area contributed by atoms with Gasteiger partial charge in [-0.15, -0.1) is 0 Å². The number of aromatic nitrogens is 1. The first-order chi connectivity index (χ1) is 22.5. The Hall–Kier alpha value is -4.89. The van der Waals surface area contributed by atoms with Crippen molar-refractivity contribution in [2.45, 2.75) is 29.3 Å². The van der Waals surface area contributed by atoms with E-state index < -0.39 is 63.1 Å². The highest BCUT2D eigenvalue weighted by molar-refractivity contribution is 8.00. The van der Waals surface area contributed by atoms with E-state index in [0.717, 1.165) is 35.2 Å². The van der Waals surface area contributed by atoms with Crippen molar-refractivity contribution in [3.05, 3.63) is 104 Å². The number of para-hydroxylation sites is 1. The van der Waals surface area contributed by atoms with Crippen molar-refractivity contribution in [2.75, 3.05) is 23.4 Å². The quantitative estimate of drug-likeness (QED) is 0.185. The molecule has 15 heteroatoms. The van der Waals surface area contributed by atoms with Crippen LogP contribution in [0.4, 0.5) is 24.5 Å². The average molecular weight is 684 g/mol. The van der Waals surface area contributed by atoms with Gasteiger partial charge in [0.2, 0.25) is 11.8 Å². The molecule has 2 N–H and O–H groups in total. The van der Waals surface area contributed by atoms with Gasteiger partial charge in [0.25, 0.3) is 5.91 Å². The first-order valence-electron chi connectivity index (χ1n) is 14.2. The number of benzene rings is 3. The van der Waals surface area contributed by atoms with E-state index >= 15 is 0 Å². The maximum Gasteiger partial charge on any atom is 0.418 e. The second-order valence-corrected chi connectivity index (χ2v) is 12.6. The summed E-state index contributed by atoms with van der Waals surface area (Å²) in [6.07, 6.45) is -4.80. The molecule has 10 nitrogen and oxygen atoms in total. The zero-order chi connectivity index (χ0) is 33.5. The number of thioether (sulfide) groups is 1. The molecule has 6 rings (SSSR count). The summed E-state index contributed by atoms with van der Waals surface area (Å²) in [5.74, 6) is -4.13. The molecule has 2 aliphatic heterocycles. The van der Waals surface area contributed by atoms with Gasteiger partial charge in [-0.2, -0.15) is 13.2 Å². The number of imide groups is 1. The summed E-state index contributed by atoms with van der Waals surface area (Å²) < 4.78 is 52.1. The third-order valence-corrected chi connectivity index (χ3v) is 9.96. The standard InChI is InChI=1S/C32H24F3N3O7S2/c1-2-44-30(42)17-7-11-18(12-8-17)36-22(39)15-45-19-13-9-16(10-14-19)23-24-26(46-27-25(23)47-31(43)37-27)29(41)38(28(24)40)21-6-4-3-5-20(21)32(33,34)35/h3-14,23-24,26H,2,15H2,1H3,(H,36,39)(H,37,43)/t23-,24-,26+/m0/s1. The van der Waals surface area contributed by atoms with Crippen LogP contribution in [-0.4, -0.2) is 47.1 Å². The van der Waals surface area contributed by atoms with Crippen LogP contribution < -0.4 is 19.8 Å². The van der Waals surface area contributed by atoms with Crippen LogP contribution in [-0.2, 0) is 25.3 Å². The van der Waals surface area contributed by atoms with E-state index in [-0.39, 0.29) is 13.2 Å². The van der Waals surface area contributed by atoms with Crippen LogP contribution in [0, 0.1) is 5.92 Å². The number of carbonyl (C=O) groups excluding carboxylic acids is 4. The van der Waals surface area contributed by atoms with Gasteiger partial charge in [0, 0.05) is 16.5 Å². The van der Waals surface area contributed by atoms with Crippen LogP contribution in [0.25, 0.3) is 0 Å². The zero-order valence-electron chi connectivity index (χ0n) is 24.3. The second kappa shape index (κ2) is 12.7. The van der Waals surface area contributed by atoms with Crippen molar-refractivity contribution < 1.29 is 41.8 Å². The van der Waals surface area contributed by atoms with Crippen LogP contribution in [0.2, 0.25) is 0 Å². The third kappa shape index (κ3) is 6.27. The third-order valence-electron chi connectivity index (χ3n) is 7.56. The van der Waals surface area contributed by atoms with Gasteiger partial charge in [-0.25, -0.2) is 9.69 Å². The summed E-state index contributed by atoms with van der Waals surface area (Å²) in [6, 6.07) is 16.9. The Morgan fingerprint density at radius 3 is 2.34 bits per heavy atom. The summed E-state index contributed by atoms with van der Waals surface area (Å²) in [5, 5.41) is 1.97. The van der Waals surface area contributed by atoms with E-state index in [1.165, 1.54) is 24.3 Å². The Kier molecular flexibility index (Phi) is 8.68. The van der Waals surface area contributed by atoms with Gasteiger partial charge in [-0.05, 0) is 61.0 Å². The molecule has 3 atom stereocenters. The lowest BCUT2D eigenvalue weighted by Crippen LogP contribution is -2.33. The fourth-order valence-electron chi connectivity index (χ4n) is 5.54. The maximum absolute atomic E-state index is 13.9. The second-order valence-electron chi connectivity index (χ2n) is 10.5. The normalized spacial score (nSPS) is 18.8. The number of amides is 3. The minimum atomic E-state index is -4.80.